The summed E-state index contributed by atoms with van der Waals surface area (Å²) in [7, 11) is 0. The highest BCUT2D eigenvalue weighted by atomic mass is 32.1. The fourth-order valence-electron chi connectivity index (χ4n) is 3.73. The molecule has 3 heterocycles. The number of piperazine rings is 1. The lowest BCUT2D eigenvalue weighted by molar-refractivity contribution is -0.125. The summed E-state index contributed by atoms with van der Waals surface area (Å²) in [6.07, 6.45) is 2.44. The minimum absolute atomic E-state index is 0.0338. The van der Waals surface area contributed by atoms with Crippen molar-refractivity contribution >= 4 is 44.9 Å². The molecular formula is C22H26N6O2S. The fourth-order valence-corrected chi connectivity index (χ4v) is 4.46. The molecule has 31 heavy (non-hydrogen) atoms. The van der Waals surface area contributed by atoms with Gasteiger partial charge in [0.25, 0.3) is 0 Å². The van der Waals surface area contributed by atoms with E-state index in [1.807, 2.05) is 36.6 Å². The monoisotopic (exact) mass is 438 g/mol. The summed E-state index contributed by atoms with van der Waals surface area (Å²) in [5, 5.41) is 8.70. The van der Waals surface area contributed by atoms with Crippen molar-refractivity contribution in [1.29, 1.82) is 0 Å². The smallest absolute Gasteiger partial charge is 0.243 e. The molecule has 0 aliphatic carbocycles. The summed E-state index contributed by atoms with van der Waals surface area (Å²) in [5.74, 6) is 0.594. The zero-order valence-corrected chi connectivity index (χ0v) is 18.3. The summed E-state index contributed by atoms with van der Waals surface area (Å²) in [6, 6.07) is 9.75. The van der Waals surface area contributed by atoms with Crippen LogP contribution in [0.3, 0.4) is 0 Å². The first-order valence-corrected chi connectivity index (χ1v) is 11.3. The topological polar surface area (TPSA) is 90.5 Å². The molecule has 0 saturated carbocycles. The number of carbonyl (C=O) groups excluding carboxylic acids is 2. The average Bonchev–Trinajstić information content (AvgIpc) is 3.28. The molecule has 2 amide bonds. The van der Waals surface area contributed by atoms with E-state index in [0.717, 1.165) is 59.9 Å². The van der Waals surface area contributed by atoms with Crippen molar-refractivity contribution in [3.8, 4) is 0 Å². The quantitative estimate of drug-likeness (QED) is 0.587. The Morgan fingerprint density at radius 2 is 1.87 bits per heavy atom. The van der Waals surface area contributed by atoms with E-state index < -0.39 is 0 Å². The van der Waals surface area contributed by atoms with Crippen LogP contribution in [0, 0.1) is 0 Å². The minimum atomic E-state index is -0.220. The molecule has 0 bridgehead atoms. The fraction of sp³-hybridized carbons (Fsp3) is 0.364. The maximum Gasteiger partial charge on any atom is 0.243 e. The highest BCUT2D eigenvalue weighted by Gasteiger charge is 2.21. The molecule has 1 aliphatic rings. The van der Waals surface area contributed by atoms with Gasteiger partial charge < -0.3 is 15.5 Å². The number of fused-ring (bicyclic) bond motifs is 1. The van der Waals surface area contributed by atoms with Crippen LogP contribution in [-0.4, -0.2) is 66.0 Å². The molecule has 1 aliphatic heterocycles. The van der Waals surface area contributed by atoms with Gasteiger partial charge in [0.05, 0.1) is 18.5 Å². The number of hydrogen-bond acceptors (Lipinski definition) is 7. The van der Waals surface area contributed by atoms with Crippen LogP contribution in [0.1, 0.15) is 12.5 Å². The molecular weight excluding hydrogens is 412 g/mol. The van der Waals surface area contributed by atoms with Crippen molar-refractivity contribution in [2.24, 2.45) is 0 Å². The molecule has 8 nitrogen and oxygen atoms in total. The average molecular weight is 439 g/mol. The van der Waals surface area contributed by atoms with E-state index in [-0.39, 0.29) is 24.9 Å². The van der Waals surface area contributed by atoms with Crippen molar-refractivity contribution < 1.29 is 9.59 Å². The van der Waals surface area contributed by atoms with Crippen LogP contribution >= 0.6 is 11.3 Å². The SMILES string of the molecule is CCc1ccccc1NC(=O)CNC(=O)CN1CCN(c2ncnc3sccc23)CC1. The Hall–Kier alpha value is -3.04. The largest absolute Gasteiger partial charge is 0.353 e. The third kappa shape index (κ3) is 5.18. The molecule has 0 unspecified atom stereocenters. The first kappa shape index (κ1) is 21.2. The maximum atomic E-state index is 12.3. The van der Waals surface area contributed by atoms with Crippen molar-refractivity contribution in [3.05, 3.63) is 47.6 Å². The standard InChI is InChI=1S/C22H26N6O2S/c1-2-16-5-3-4-6-18(16)26-19(29)13-23-20(30)14-27-8-10-28(11-9-27)21-17-7-12-31-22(17)25-15-24-21/h3-7,12,15H,2,8-11,13-14H2,1H3,(H,23,30)(H,26,29). The van der Waals surface area contributed by atoms with Crippen LogP contribution < -0.4 is 15.5 Å². The Kier molecular flexibility index (Phi) is 6.73. The molecule has 4 rings (SSSR count). The second kappa shape index (κ2) is 9.84. The number of amides is 2. The van der Waals surface area contributed by atoms with Gasteiger partial charge in [-0.3, -0.25) is 14.5 Å². The second-order valence-corrected chi connectivity index (χ2v) is 8.33. The summed E-state index contributed by atoms with van der Waals surface area (Å²) in [4.78, 5) is 38.6. The van der Waals surface area contributed by atoms with E-state index in [2.05, 4.69) is 36.5 Å². The number of aromatic nitrogens is 2. The van der Waals surface area contributed by atoms with Crippen LogP contribution in [0.2, 0.25) is 0 Å². The van der Waals surface area contributed by atoms with Gasteiger partial charge in [-0.15, -0.1) is 11.3 Å². The first-order valence-electron chi connectivity index (χ1n) is 10.4. The zero-order valence-electron chi connectivity index (χ0n) is 17.5. The van der Waals surface area contributed by atoms with Crippen molar-refractivity contribution in [2.45, 2.75) is 13.3 Å². The Morgan fingerprint density at radius 1 is 1.06 bits per heavy atom. The second-order valence-electron chi connectivity index (χ2n) is 7.44. The van der Waals surface area contributed by atoms with E-state index in [0.29, 0.717) is 0 Å². The lowest BCUT2D eigenvalue weighted by Crippen LogP contribution is -2.50. The van der Waals surface area contributed by atoms with Crippen LogP contribution in [0.25, 0.3) is 10.2 Å². The number of carbonyl (C=O) groups is 2. The number of nitrogens with zero attached hydrogens (tertiary/aromatic N) is 4. The first-order chi connectivity index (χ1) is 15.1. The van der Waals surface area contributed by atoms with Crippen molar-refractivity contribution in [3.63, 3.8) is 0 Å². The van der Waals surface area contributed by atoms with Gasteiger partial charge in [-0.25, -0.2) is 9.97 Å². The molecule has 1 aromatic carbocycles. The van der Waals surface area contributed by atoms with Crippen LogP contribution in [0.5, 0.6) is 0 Å². The van der Waals surface area contributed by atoms with Crippen LogP contribution in [-0.2, 0) is 16.0 Å². The molecule has 9 heteroatoms. The number of rotatable bonds is 7. The van der Waals surface area contributed by atoms with Crippen molar-refractivity contribution in [1.82, 2.24) is 20.2 Å². The zero-order chi connectivity index (χ0) is 21.6. The number of anilines is 2. The Bertz CT molecular complexity index is 1060. The molecule has 3 aromatic rings. The van der Waals surface area contributed by atoms with Crippen LogP contribution in [0.4, 0.5) is 11.5 Å². The Morgan fingerprint density at radius 3 is 2.68 bits per heavy atom. The van der Waals surface area contributed by atoms with Gasteiger partial charge in [0.2, 0.25) is 11.8 Å². The molecule has 1 saturated heterocycles. The summed E-state index contributed by atoms with van der Waals surface area (Å²) in [6.45, 7) is 5.41. The Balaban J connectivity index is 1.22. The number of thiophene rings is 1. The molecule has 0 radical (unpaired) electrons. The molecule has 2 N–H and O–H groups in total. The Labute approximate surface area is 185 Å². The normalized spacial score (nSPS) is 14.5. The van der Waals surface area contributed by atoms with Gasteiger partial charge in [0.1, 0.15) is 17.0 Å². The van der Waals surface area contributed by atoms with Gasteiger partial charge in [-0.2, -0.15) is 0 Å². The van der Waals surface area contributed by atoms with Crippen molar-refractivity contribution in [2.75, 3.05) is 49.5 Å². The number of nitrogens with one attached hydrogen (secondary N) is 2. The molecule has 162 valence electrons. The number of para-hydroxylation sites is 1. The predicted molar refractivity (Wildman–Crippen MR) is 124 cm³/mol. The highest BCUT2D eigenvalue weighted by molar-refractivity contribution is 7.16. The highest BCUT2D eigenvalue weighted by Crippen LogP contribution is 2.27. The van der Waals surface area contributed by atoms with Gasteiger partial charge in [-0.05, 0) is 29.5 Å². The van der Waals surface area contributed by atoms with E-state index in [1.54, 1.807) is 17.7 Å². The molecule has 0 atom stereocenters. The molecule has 1 fully saturated rings. The predicted octanol–water partition coefficient (Wildman–Crippen LogP) is 2.13. The number of hydrogen-bond donors (Lipinski definition) is 2. The number of aryl methyl sites for hydroxylation is 1. The third-order valence-corrected chi connectivity index (χ3v) is 6.22. The minimum Gasteiger partial charge on any atom is -0.353 e. The van der Waals surface area contributed by atoms with E-state index >= 15 is 0 Å². The van der Waals surface area contributed by atoms with Gasteiger partial charge in [0.15, 0.2) is 0 Å². The third-order valence-electron chi connectivity index (χ3n) is 5.40. The van der Waals surface area contributed by atoms with E-state index in [9.17, 15) is 9.59 Å². The lowest BCUT2D eigenvalue weighted by atomic mass is 10.1. The molecule has 0 spiro atoms. The summed E-state index contributed by atoms with van der Waals surface area (Å²) < 4.78 is 0. The van der Waals surface area contributed by atoms with Gasteiger partial charge in [-0.1, -0.05) is 25.1 Å². The maximum absolute atomic E-state index is 12.3. The van der Waals surface area contributed by atoms with Crippen LogP contribution in [0.15, 0.2) is 42.0 Å². The molecule has 2 aromatic heterocycles. The van der Waals surface area contributed by atoms with E-state index in [1.165, 1.54) is 0 Å². The van der Waals surface area contributed by atoms with Gasteiger partial charge >= 0.3 is 0 Å². The number of benzene rings is 1. The summed E-state index contributed by atoms with van der Waals surface area (Å²) in [5.41, 5.74) is 1.87. The van der Waals surface area contributed by atoms with Gasteiger partial charge in [0, 0.05) is 31.9 Å². The van der Waals surface area contributed by atoms with E-state index in [4.69, 9.17) is 0 Å². The lowest BCUT2D eigenvalue weighted by Gasteiger charge is -2.35. The summed E-state index contributed by atoms with van der Waals surface area (Å²) >= 11 is 1.61.